The summed E-state index contributed by atoms with van der Waals surface area (Å²) in [4.78, 5) is 0. The third-order valence-corrected chi connectivity index (χ3v) is 3.87. The van der Waals surface area contributed by atoms with Crippen LogP contribution in [-0.2, 0) is 6.54 Å². The van der Waals surface area contributed by atoms with Gasteiger partial charge in [-0.2, -0.15) is 0 Å². The van der Waals surface area contributed by atoms with Crippen molar-refractivity contribution >= 4 is 10.9 Å². The summed E-state index contributed by atoms with van der Waals surface area (Å²) in [6.07, 6.45) is 5.02. The molecule has 1 heterocycles. The SMILES string of the molecule is CC(CN)c1ccc2ccn(CC3CC3)c2c1. The Morgan fingerprint density at radius 2 is 2.18 bits per heavy atom. The number of hydrogen-bond acceptors (Lipinski definition) is 1. The van der Waals surface area contributed by atoms with Gasteiger partial charge in [-0.3, -0.25) is 0 Å². The third kappa shape index (κ3) is 2.09. The molecule has 1 aliphatic carbocycles. The highest BCUT2D eigenvalue weighted by molar-refractivity contribution is 5.81. The number of benzene rings is 1. The summed E-state index contributed by atoms with van der Waals surface area (Å²) in [5.74, 6) is 1.37. The molecule has 17 heavy (non-hydrogen) atoms. The average molecular weight is 228 g/mol. The Bertz CT molecular complexity index is 523. The Labute approximate surface area is 102 Å². The number of aromatic nitrogens is 1. The van der Waals surface area contributed by atoms with E-state index in [0.717, 1.165) is 12.5 Å². The Kier molecular flexibility index (Phi) is 2.67. The molecule has 1 unspecified atom stereocenters. The Hall–Kier alpha value is -1.28. The average Bonchev–Trinajstić information content (AvgIpc) is 3.09. The van der Waals surface area contributed by atoms with Crippen LogP contribution in [0.15, 0.2) is 30.5 Å². The Morgan fingerprint density at radius 3 is 2.88 bits per heavy atom. The van der Waals surface area contributed by atoms with E-state index in [4.69, 9.17) is 5.73 Å². The first kappa shape index (κ1) is 10.8. The van der Waals surface area contributed by atoms with E-state index in [1.54, 1.807) is 0 Å². The first-order valence-electron chi connectivity index (χ1n) is 6.57. The van der Waals surface area contributed by atoms with Gasteiger partial charge in [0.15, 0.2) is 0 Å². The lowest BCUT2D eigenvalue weighted by molar-refractivity contribution is 0.647. The van der Waals surface area contributed by atoms with E-state index >= 15 is 0 Å². The van der Waals surface area contributed by atoms with E-state index in [9.17, 15) is 0 Å². The predicted octanol–water partition coefficient (Wildman–Crippen LogP) is 3.11. The monoisotopic (exact) mass is 228 g/mol. The molecule has 1 aromatic carbocycles. The maximum atomic E-state index is 5.75. The van der Waals surface area contributed by atoms with Gasteiger partial charge in [-0.15, -0.1) is 0 Å². The maximum Gasteiger partial charge on any atom is 0.0483 e. The molecule has 0 radical (unpaired) electrons. The fourth-order valence-electron chi connectivity index (χ4n) is 2.38. The van der Waals surface area contributed by atoms with Gasteiger partial charge in [-0.1, -0.05) is 19.1 Å². The number of nitrogens with two attached hydrogens (primary N) is 1. The lowest BCUT2D eigenvalue weighted by atomic mass is 10.0. The van der Waals surface area contributed by atoms with Gasteiger partial charge in [0.2, 0.25) is 0 Å². The van der Waals surface area contributed by atoms with Crippen molar-refractivity contribution in [3.8, 4) is 0 Å². The number of hydrogen-bond donors (Lipinski definition) is 1. The summed E-state index contributed by atoms with van der Waals surface area (Å²) >= 11 is 0. The topological polar surface area (TPSA) is 30.9 Å². The summed E-state index contributed by atoms with van der Waals surface area (Å²) in [7, 11) is 0. The van der Waals surface area contributed by atoms with Gasteiger partial charge in [0.05, 0.1) is 0 Å². The molecule has 1 fully saturated rings. The maximum absolute atomic E-state index is 5.75. The van der Waals surface area contributed by atoms with Gasteiger partial charge in [0, 0.05) is 18.3 Å². The zero-order valence-electron chi connectivity index (χ0n) is 10.4. The van der Waals surface area contributed by atoms with Crippen molar-refractivity contribution in [2.24, 2.45) is 11.7 Å². The Balaban J connectivity index is 1.99. The van der Waals surface area contributed by atoms with Gasteiger partial charge >= 0.3 is 0 Å². The van der Waals surface area contributed by atoms with Gasteiger partial charge in [0.1, 0.15) is 0 Å². The van der Waals surface area contributed by atoms with Gasteiger partial charge in [-0.25, -0.2) is 0 Å². The molecule has 3 rings (SSSR count). The fourth-order valence-corrected chi connectivity index (χ4v) is 2.38. The molecule has 2 aromatic rings. The number of rotatable bonds is 4. The molecule has 90 valence electrons. The predicted molar refractivity (Wildman–Crippen MR) is 72.1 cm³/mol. The van der Waals surface area contributed by atoms with Crippen LogP contribution >= 0.6 is 0 Å². The van der Waals surface area contributed by atoms with Crippen LogP contribution in [0.2, 0.25) is 0 Å². The molecule has 2 N–H and O–H groups in total. The second kappa shape index (κ2) is 4.19. The lowest BCUT2D eigenvalue weighted by Crippen LogP contribution is -2.09. The van der Waals surface area contributed by atoms with Crippen LogP contribution in [0, 0.1) is 5.92 Å². The van der Waals surface area contributed by atoms with Crippen LogP contribution in [0.3, 0.4) is 0 Å². The van der Waals surface area contributed by atoms with Crippen molar-refractivity contribution in [3.05, 3.63) is 36.0 Å². The molecule has 1 atom stereocenters. The number of nitrogens with zero attached hydrogens (tertiary/aromatic N) is 1. The van der Waals surface area contributed by atoms with Crippen molar-refractivity contribution in [2.45, 2.75) is 32.2 Å². The zero-order valence-corrected chi connectivity index (χ0v) is 10.4. The van der Waals surface area contributed by atoms with E-state index in [0.29, 0.717) is 5.92 Å². The lowest BCUT2D eigenvalue weighted by Gasteiger charge is -2.10. The highest BCUT2D eigenvalue weighted by Crippen LogP contribution is 2.32. The molecule has 2 heteroatoms. The normalized spacial score (nSPS) is 17.5. The smallest absolute Gasteiger partial charge is 0.0483 e. The molecule has 0 aliphatic heterocycles. The second-order valence-corrected chi connectivity index (χ2v) is 5.37. The van der Waals surface area contributed by atoms with Gasteiger partial charge < -0.3 is 10.3 Å². The minimum Gasteiger partial charge on any atom is -0.347 e. The summed E-state index contributed by atoms with van der Waals surface area (Å²) in [5, 5.41) is 1.35. The molecular weight excluding hydrogens is 208 g/mol. The van der Waals surface area contributed by atoms with Crippen molar-refractivity contribution in [3.63, 3.8) is 0 Å². The number of fused-ring (bicyclic) bond motifs is 1. The van der Waals surface area contributed by atoms with Gasteiger partial charge in [-0.05, 0) is 54.3 Å². The van der Waals surface area contributed by atoms with Crippen LogP contribution < -0.4 is 5.73 Å². The van der Waals surface area contributed by atoms with E-state index in [1.807, 2.05) is 0 Å². The first-order chi connectivity index (χ1) is 8.28. The molecule has 1 saturated carbocycles. The van der Waals surface area contributed by atoms with E-state index in [-0.39, 0.29) is 0 Å². The van der Waals surface area contributed by atoms with Crippen LogP contribution in [0.25, 0.3) is 10.9 Å². The molecule has 0 spiro atoms. The van der Waals surface area contributed by atoms with Crippen LogP contribution in [0.1, 0.15) is 31.2 Å². The second-order valence-electron chi connectivity index (χ2n) is 5.37. The largest absolute Gasteiger partial charge is 0.347 e. The first-order valence-corrected chi connectivity index (χ1v) is 6.57. The highest BCUT2D eigenvalue weighted by atomic mass is 15.0. The van der Waals surface area contributed by atoms with Crippen molar-refractivity contribution in [2.75, 3.05) is 6.54 Å². The third-order valence-electron chi connectivity index (χ3n) is 3.87. The van der Waals surface area contributed by atoms with Crippen molar-refractivity contribution in [1.82, 2.24) is 4.57 Å². The molecule has 2 nitrogen and oxygen atoms in total. The van der Waals surface area contributed by atoms with Crippen molar-refractivity contribution < 1.29 is 0 Å². The summed E-state index contributed by atoms with van der Waals surface area (Å²) in [6, 6.07) is 8.96. The summed E-state index contributed by atoms with van der Waals surface area (Å²) in [5.41, 5.74) is 8.47. The van der Waals surface area contributed by atoms with E-state index in [2.05, 4.69) is 42.0 Å². The van der Waals surface area contributed by atoms with E-state index in [1.165, 1.54) is 35.9 Å². The summed E-state index contributed by atoms with van der Waals surface area (Å²) in [6.45, 7) is 4.09. The minimum absolute atomic E-state index is 0.448. The van der Waals surface area contributed by atoms with Crippen LogP contribution in [0.4, 0.5) is 0 Å². The molecule has 0 amide bonds. The van der Waals surface area contributed by atoms with Gasteiger partial charge in [0.25, 0.3) is 0 Å². The highest BCUT2D eigenvalue weighted by Gasteiger charge is 2.22. The zero-order chi connectivity index (χ0) is 11.8. The molecular formula is C15H20N2. The van der Waals surface area contributed by atoms with Crippen LogP contribution in [0.5, 0.6) is 0 Å². The standard InChI is InChI=1S/C15H20N2/c1-11(9-16)14-5-4-13-6-7-17(15(13)8-14)10-12-2-3-12/h4-8,11-12H,2-3,9-10,16H2,1H3. The van der Waals surface area contributed by atoms with Crippen molar-refractivity contribution in [1.29, 1.82) is 0 Å². The van der Waals surface area contributed by atoms with E-state index < -0.39 is 0 Å². The van der Waals surface area contributed by atoms with Crippen LogP contribution in [-0.4, -0.2) is 11.1 Å². The molecule has 1 aromatic heterocycles. The quantitative estimate of drug-likeness (QED) is 0.856. The molecule has 0 bridgehead atoms. The summed E-state index contributed by atoms with van der Waals surface area (Å²) < 4.78 is 2.40. The molecule has 1 aliphatic rings. The minimum atomic E-state index is 0.448. The Morgan fingerprint density at radius 1 is 1.35 bits per heavy atom. The fraction of sp³-hybridized carbons (Fsp3) is 0.467. The molecule has 0 saturated heterocycles.